The highest BCUT2D eigenvalue weighted by atomic mass is 16.7. The molecule has 1 amide bonds. The molecule has 1 saturated heterocycles. The molecule has 1 heterocycles. The monoisotopic (exact) mass is 366 g/mol. The quantitative estimate of drug-likeness (QED) is 0.546. The number of benzene rings is 1. The van der Waals surface area contributed by atoms with Crippen molar-refractivity contribution in [3.05, 3.63) is 24.3 Å². The molecule has 7 nitrogen and oxygen atoms in total. The maximum absolute atomic E-state index is 12.2. The van der Waals surface area contributed by atoms with E-state index in [1.165, 1.54) is 0 Å². The molecule has 1 aliphatic rings. The van der Waals surface area contributed by atoms with Crippen molar-refractivity contribution in [2.45, 2.75) is 26.4 Å². The van der Waals surface area contributed by atoms with E-state index < -0.39 is 5.60 Å². The van der Waals surface area contributed by atoms with E-state index in [4.69, 9.17) is 18.9 Å². The average Bonchev–Trinajstić information content (AvgIpc) is 2.61. The van der Waals surface area contributed by atoms with Crippen LogP contribution in [-0.2, 0) is 14.2 Å². The normalized spacial score (nSPS) is 15.1. The van der Waals surface area contributed by atoms with Crippen LogP contribution >= 0.6 is 0 Å². The van der Waals surface area contributed by atoms with Gasteiger partial charge in [-0.2, -0.15) is 0 Å². The zero-order valence-corrected chi connectivity index (χ0v) is 16.2. The number of methoxy groups -OCH3 is 1. The van der Waals surface area contributed by atoms with Crippen molar-refractivity contribution in [2.24, 2.45) is 0 Å². The minimum Gasteiger partial charge on any atom is -0.465 e. The first kappa shape index (κ1) is 20.3. The van der Waals surface area contributed by atoms with Crippen molar-refractivity contribution >= 4 is 11.8 Å². The summed E-state index contributed by atoms with van der Waals surface area (Å²) in [4.78, 5) is 16.1. The predicted molar refractivity (Wildman–Crippen MR) is 99.8 cm³/mol. The smallest absolute Gasteiger partial charge is 0.410 e. The van der Waals surface area contributed by atoms with Crippen LogP contribution in [0.15, 0.2) is 24.3 Å². The Morgan fingerprint density at radius 2 is 1.77 bits per heavy atom. The molecule has 0 spiro atoms. The zero-order valence-electron chi connectivity index (χ0n) is 16.2. The Kier molecular flexibility index (Phi) is 7.53. The number of piperazine rings is 1. The molecule has 0 saturated carbocycles. The molecule has 0 atom stereocenters. The first-order chi connectivity index (χ1) is 12.4. The largest absolute Gasteiger partial charge is 0.465 e. The molecule has 0 aromatic heterocycles. The highest BCUT2D eigenvalue weighted by Crippen LogP contribution is 2.29. The number of rotatable bonds is 7. The van der Waals surface area contributed by atoms with Gasteiger partial charge in [0.05, 0.1) is 18.9 Å². The van der Waals surface area contributed by atoms with Gasteiger partial charge in [-0.3, -0.25) is 0 Å². The Hall–Kier alpha value is -1.99. The molecule has 1 aliphatic heterocycles. The van der Waals surface area contributed by atoms with Crippen LogP contribution in [0.2, 0.25) is 0 Å². The van der Waals surface area contributed by atoms with E-state index >= 15 is 0 Å². The van der Waals surface area contributed by atoms with E-state index in [2.05, 4.69) is 4.90 Å². The van der Waals surface area contributed by atoms with Crippen LogP contribution in [0.5, 0.6) is 5.75 Å². The SMILES string of the molecule is COCCOCOc1ccccc1N1CCN(C(=O)OC(C)(C)C)CC1. The molecular formula is C19H30N2O5. The average molecular weight is 366 g/mol. The number of hydrogen-bond acceptors (Lipinski definition) is 6. The molecule has 0 N–H and O–H groups in total. The number of carbonyl (C=O) groups excluding carboxylic acids is 1. The zero-order chi connectivity index (χ0) is 19.0. The molecule has 146 valence electrons. The Bertz CT molecular complexity index is 565. The predicted octanol–water partition coefficient (Wildman–Crippen LogP) is 2.74. The number of hydrogen-bond donors (Lipinski definition) is 0. The second-order valence-electron chi connectivity index (χ2n) is 7.09. The van der Waals surface area contributed by atoms with Crippen LogP contribution in [0.4, 0.5) is 10.5 Å². The van der Waals surface area contributed by atoms with Crippen molar-refractivity contribution in [3.63, 3.8) is 0 Å². The van der Waals surface area contributed by atoms with E-state index in [0.717, 1.165) is 24.5 Å². The van der Waals surface area contributed by atoms with Crippen LogP contribution in [-0.4, -0.2) is 69.9 Å². The van der Waals surface area contributed by atoms with E-state index in [1.54, 1.807) is 12.0 Å². The minimum atomic E-state index is -0.475. The first-order valence-electron chi connectivity index (χ1n) is 8.92. The molecule has 0 radical (unpaired) electrons. The van der Waals surface area contributed by atoms with E-state index in [9.17, 15) is 4.79 Å². The fraction of sp³-hybridized carbons (Fsp3) is 0.632. The van der Waals surface area contributed by atoms with Crippen LogP contribution in [0.3, 0.4) is 0 Å². The van der Waals surface area contributed by atoms with Gasteiger partial charge in [0.25, 0.3) is 0 Å². The lowest BCUT2D eigenvalue weighted by Gasteiger charge is -2.37. The van der Waals surface area contributed by atoms with E-state index in [0.29, 0.717) is 26.3 Å². The lowest BCUT2D eigenvalue weighted by atomic mass is 10.2. The van der Waals surface area contributed by atoms with Gasteiger partial charge in [0.1, 0.15) is 11.4 Å². The summed E-state index contributed by atoms with van der Waals surface area (Å²) in [6.45, 7) is 9.54. The number of ether oxygens (including phenoxy) is 4. The molecule has 0 bridgehead atoms. The topological polar surface area (TPSA) is 60.5 Å². The summed E-state index contributed by atoms with van der Waals surface area (Å²) in [5.74, 6) is 0.774. The van der Waals surface area contributed by atoms with Crippen molar-refractivity contribution < 1.29 is 23.7 Å². The van der Waals surface area contributed by atoms with Crippen molar-refractivity contribution in [1.82, 2.24) is 4.90 Å². The maximum Gasteiger partial charge on any atom is 0.410 e. The summed E-state index contributed by atoms with van der Waals surface area (Å²) in [6, 6.07) is 7.86. The lowest BCUT2D eigenvalue weighted by Crippen LogP contribution is -2.50. The molecule has 1 aromatic carbocycles. The summed E-state index contributed by atoms with van der Waals surface area (Å²) in [7, 11) is 1.64. The van der Waals surface area contributed by atoms with Gasteiger partial charge < -0.3 is 28.7 Å². The number of nitrogens with zero attached hydrogens (tertiary/aromatic N) is 2. The molecule has 2 rings (SSSR count). The van der Waals surface area contributed by atoms with Gasteiger partial charge in [0.2, 0.25) is 0 Å². The Morgan fingerprint density at radius 3 is 2.42 bits per heavy atom. The third kappa shape index (κ3) is 6.38. The van der Waals surface area contributed by atoms with E-state index in [-0.39, 0.29) is 12.9 Å². The third-order valence-corrected chi connectivity index (χ3v) is 3.87. The Labute approximate surface area is 155 Å². The second kappa shape index (κ2) is 9.64. The maximum atomic E-state index is 12.2. The molecule has 0 unspecified atom stereocenters. The highest BCUT2D eigenvalue weighted by molar-refractivity contribution is 5.69. The summed E-state index contributed by atoms with van der Waals surface area (Å²) in [5.41, 5.74) is 0.531. The van der Waals surface area contributed by atoms with Crippen LogP contribution < -0.4 is 9.64 Å². The lowest BCUT2D eigenvalue weighted by molar-refractivity contribution is -0.00831. The van der Waals surface area contributed by atoms with Crippen LogP contribution in [0, 0.1) is 0 Å². The standard InChI is InChI=1S/C19H30N2O5/c1-19(2,3)26-18(22)21-11-9-20(10-12-21)16-7-5-6-8-17(16)25-15-24-14-13-23-4/h5-8H,9-15H2,1-4H3. The van der Waals surface area contributed by atoms with Crippen LogP contribution in [0.1, 0.15) is 20.8 Å². The third-order valence-electron chi connectivity index (χ3n) is 3.87. The van der Waals surface area contributed by atoms with Gasteiger partial charge in [-0.05, 0) is 32.9 Å². The molecular weight excluding hydrogens is 336 g/mol. The molecule has 7 heteroatoms. The Balaban J connectivity index is 1.88. The summed E-state index contributed by atoms with van der Waals surface area (Å²) in [5, 5.41) is 0. The summed E-state index contributed by atoms with van der Waals surface area (Å²) < 4.78 is 21.5. The Morgan fingerprint density at radius 1 is 1.08 bits per heavy atom. The molecule has 0 aliphatic carbocycles. The number of para-hydroxylation sites is 2. The van der Waals surface area contributed by atoms with Gasteiger partial charge in [-0.1, -0.05) is 12.1 Å². The van der Waals surface area contributed by atoms with Gasteiger partial charge in [-0.15, -0.1) is 0 Å². The van der Waals surface area contributed by atoms with Crippen LogP contribution in [0.25, 0.3) is 0 Å². The molecule has 26 heavy (non-hydrogen) atoms. The van der Waals surface area contributed by atoms with Crippen molar-refractivity contribution in [1.29, 1.82) is 0 Å². The van der Waals surface area contributed by atoms with Crippen molar-refractivity contribution in [2.75, 3.05) is 58.2 Å². The van der Waals surface area contributed by atoms with Crippen molar-refractivity contribution in [3.8, 4) is 5.75 Å². The van der Waals surface area contributed by atoms with E-state index in [1.807, 2.05) is 45.0 Å². The number of carbonyl (C=O) groups is 1. The number of anilines is 1. The van der Waals surface area contributed by atoms with Gasteiger partial charge in [0, 0.05) is 33.3 Å². The minimum absolute atomic E-state index is 0.179. The van der Waals surface area contributed by atoms with Gasteiger partial charge in [0.15, 0.2) is 6.79 Å². The fourth-order valence-electron chi connectivity index (χ4n) is 2.60. The number of amides is 1. The second-order valence-corrected chi connectivity index (χ2v) is 7.09. The van der Waals surface area contributed by atoms with Gasteiger partial charge >= 0.3 is 6.09 Å². The fourth-order valence-corrected chi connectivity index (χ4v) is 2.60. The highest BCUT2D eigenvalue weighted by Gasteiger charge is 2.26. The first-order valence-corrected chi connectivity index (χ1v) is 8.92. The summed E-state index contributed by atoms with van der Waals surface area (Å²) >= 11 is 0. The van der Waals surface area contributed by atoms with Gasteiger partial charge in [-0.25, -0.2) is 4.79 Å². The molecule has 1 fully saturated rings. The molecule has 1 aromatic rings. The summed E-state index contributed by atoms with van der Waals surface area (Å²) in [6.07, 6.45) is -0.256.